The van der Waals surface area contributed by atoms with E-state index in [1.165, 1.54) is 5.57 Å². The van der Waals surface area contributed by atoms with Crippen molar-refractivity contribution in [3.05, 3.63) is 44.2 Å². The van der Waals surface area contributed by atoms with E-state index in [1.807, 2.05) is 4.98 Å². The first-order chi connectivity index (χ1) is 9.16. The van der Waals surface area contributed by atoms with Gasteiger partial charge in [-0.3, -0.25) is 14.6 Å². The van der Waals surface area contributed by atoms with E-state index in [0.29, 0.717) is 6.54 Å². The monoisotopic (exact) mass is 264 g/mol. The average Bonchev–Trinajstić information content (AvgIpc) is 2.39. The highest BCUT2D eigenvalue weighted by Crippen LogP contribution is 2.07. The van der Waals surface area contributed by atoms with Crippen molar-refractivity contribution >= 4 is 5.91 Å². The molecule has 0 bridgehead atoms. The van der Waals surface area contributed by atoms with Crippen molar-refractivity contribution in [2.24, 2.45) is 0 Å². The van der Waals surface area contributed by atoms with E-state index in [-0.39, 0.29) is 5.56 Å². The topological polar surface area (TPSA) is 107 Å². The fraction of sp³-hybridized carbons (Fsp3) is 0.417. The Labute approximate surface area is 109 Å². The quantitative estimate of drug-likeness (QED) is 0.529. The molecule has 102 valence electrons. The minimum atomic E-state index is -0.678. The Bertz CT molecular complexity index is 599. The molecule has 1 aromatic rings. The molecular weight excluding hydrogens is 248 g/mol. The van der Waals surface area contributed by atoms with Gasteiger partial charge in [0.25, 0.3) is 11.5 Å². The van der Waals surface area contributed by atoms with Crippen LogP contribution >= 0.6 is 0 Å². The van der Waals surface area contributed by atoms with Crippen molar-refractivity contribution in [2.75, 3.05) is 19.6 Å². The molecule has 0 atom stereocenters. The molecule has 0 spiro atoms. The number of carbonyl (C=O) groups is 1. The molecule has 0 aliphatic carbocycles. The molecule has 1 aromatic heterocycles. The van der Waals surface area contributed by atoms with E-state index >= 15 is 0 Å². The van der Waals surface area contributed by atoms with Gasteiger partial charge in [0.05, 0.1) is 0 Å². The highest BCUT2D eigenvalue weighted by molar-refractivity contribution is 5.93. The average molecular weight is 264 g/mol. The number of carbonyl (C=O) groups excluding carboxylic acids is 1. The lowest BCUT2D eigenvalue weighted by Gasteiger charge is -2.14. The van der Waals surface area contributed by atoms with Gasteiger partial charge in [0.1, 0.15) is 5.56 Å². The molecule has 0 fully saturated rings. The number of aromatic nitrogens is 2. The maximum Gasteiger partial charge on any atom is 0.325 e. The van der Waals surface area contributed by atoms with E-state index in [4.69, 9.17) is 0 Å². The molecule has 1 aliphatic heterocycles. The predicted molar refractivity (Wildman–Crippen MR) is 70.2 cm³/mol. The number of hydrogen-bond acceptors (Lipinski definition) is 4. The standard InChI is InChI=1S/C12H16N4O3/c17-10(9-7-15-12(19)16-11(9)18)14-6-3-8-1-4-13-5-2-8/h1,7,13H,2-6H2,(H,14,17)(H2,15,16,18,19). The molecule has 2 heterocycles. The summed E-state index contributed by atoms with van der Waals surface area (Å²) in [4.78, 5) is 38.2. The zero-order chi connectivity index (χ0) is 13.7. The second-order valence-corrected chi connectivity index (χ2v) is 4.31. The van der Waals surface area contributed by atoms with Crippen molar-refractivity contribution < 1.29 is 4.79 Å². The summed E-state index contributed by atoms with van der Waals surface area (Å²) < 4.78 is 0. The lowest BCUT2D eigenvalue weighted by Crippen LogP contribution is -2.34. The van der Waals surface area contributed by atoms with Crippen molar-refractivity contribution in [3.8, 4) is 0 Å². The Hall–Kier alpha value is -2.15. The molecule has 0 unspecified atom stereocenters. The predicted octanol–water partition coefficient (Wildman–Crippen LogP) is -0.897. The van der Waals surface area contributed by atoms with Gasteiger partial charge >= 0.3 is 5.69 Å². The smallest absolute Gasteiger partial charge is 0.325 e. The summed E-state index contributed by atoms with van der Waals surface area (Å²) in [6.45, 7) is 2.30. The van der Waals surface area contributed by atoms with Gasteiger partial charge in [-0.2, -0.15) is 0 Å². The van der Waals surface area contributed by atoms with Crippen LogP contribution in [0.15, 0.2) is 27.4 Å². The van der Waals surface area contributed by atoms with Crippen LogP contribution in [0, 0.1) is 0 Å². The minimum absolute atomic E-state index is 0.0844. The molecule has 7 heteroatoms. The molecule has 0 saturated heterocycles. The van der Waals surface area contributed by atoms with Gasteiger partial charge in [0.15, 0.2) is 0 Å². The van der Waals surface area contributed by atoms with Crippen LogP contribution in [-0.2, 0) is 0 Å². The Kier molecular flexibility index (Phi) is 4.30. The van der Waals surface area contributed by atoms with Crippen molar-refractivity contribution in [3.63, 3.8) is 0 Å². The SMILES string of the molecule is O=C(NCCC1=CCNCC1)c1c[nH]c(=O)[nH]c1=O. The Morgan fingerprint density at radius 3 is 2.89 bits per heavy atom. The summed E-state index contributed by atoms with van der Waals surface area (Å²) in [5, 5.41) is 5.87. The Balaban J connectivity index is 1.89. The minimum Gasteiger partial charge on any atom is -0.351 e. The van der Waals surface area contributed by atoms with Gasteiger partial charge < -0.3 is 15.6 Å². The van der Waals surface area contributed by atoms with E-state index in [2.05, 4.69) is 21.7 Å². The number of nitrogens with one attached hydrogen (secondary N) is 4. The molecule has 19 heavy (non-hydrogen) atoms. The molecule has 4 N–H and O–H groups in total. The molecule has 0 radical (unpaired) electrons. The third kappa shape index (κ3) is 3.65. The lowest BCUT2D eigenvalue weighted by atomic mass is 10.1. The van der Waals surface area contributed by atoms with Crippen LogP contribution in [-0.4, -0.2) is 35.5 Å². The van der Waals surface area contributed by atoms with Gasteiger partial charge in [-0.05, 0) is 19.4 Å². The fourth-order valence-corrected chi connectivity index (χ4v) is 1.91. The van der Waals surface area contributed by atoms with Crippen LogP contribution in [0.5, 0.6) is 0 Å². The molecule has 0 aromatic carbocycles. The van der Waals surface area contributed by atoms with E-state index in [9.17, 15) is 14.4 Å². The van der Waals surface area contributed by atoms with Crippen molar-refractivity contribution in [1.82, 2.24) is 20.6 Å². The zero-order valence-corrected chi connectivity index (χ0v) is 10.4. The number of aromatic amines is 2. The number of hydrogen-bond donors (Lipinski definition) is 4. The normalized spacial score (nSPS) is 14.8. The Morgan fingerprint density at radius 1 is 1.37 bits per heavy atom. The summed E-state index contributed by atoms with van der Waals surface area (Å²) in [5.41, 5.74) is -0.0861. The van der Waals surface area contributed by atoms with Crippen LogP contribution in [0.25, 0.3) is 0 Å². The van der Waals surface area contributed by atoms with Gasteiger partial charge in [-0.15, -0.1) is 0 Å². The highest BCUT2D eigenvalue weighted by atomic mass is 16.2. The largest absolute Gasteiger partial charge is 0.351 e. The van der Waals surface area contributed by atoms with E-state index in [0.717, 1.165) is 32.1 Å². The van der Waals surface area contributed by atoms with E-state index < -0.39 is 17.2 Å². The first kappa shape index (κ1) is 13.3. The second kappa shape index (κ2) is 6.14. The van der Waals surface area contributed by atoms with Gasteiger partial charge in [-0.25, -0.2) is 4.79 Å². The second-order valence-electron chi connectivity index (χ2n) is 4.31. The number of amides is 1. The van der Waals surface area contributed by atoms with Crippen molar-refractivity contribution in [1.29, 1.82) is 0 Å². The molecule has 7 nitrogen and oxygen atoms in total. The van der Waals surface area contributed by atoms with Gasteiger partial charge in [-0.1, -0.05) is 11.6 Å². The van der Waals surface area contributed by atoms with Crippen molar-refractivity contribution in [2.45, 2.75) is 12.8 Å². The first-order valence-corrected chi connectivity index (χ1v) is 6.15. The fourth-order valence-electron chi connectivity index (χ4n) is 1.91. The first-order valence-electron chi connectivity index (χ1n) is 6.15. The summed E-state index contributed by atoms with van der Waals surface area (Å²) in [7, 11) is 0. The van der Waals surface area contributed by atoms with Crippen LogP contribution in [0.2, 0.25) is 0 Å². The summed E-state index contributed by atoms with van der Waals surface area (Å²) in [5.74, 6) is -0.480. The third-order valence-corrected chi connectivity index (χ3v) is 2.95. The lowest BCUT2D eigenvalue weighted by molar-refractivity contribution is 0.0952. The molecular formula is C12H16N4O3. The van der Waals surface area contributed by atoms with Crippen LogP contribution < -0.4 is 21.9 Å². The summed E-state index contributed by atoms with van der Waals surface area (Å²) in [6, 6.07) is 0. The van der Waals surface area contributed by atoms with E-state index in [1.54, 1.807) is 0 Å². The summed E-state index contributed by atoms with van der Waals surface area (Å²) in [6.07, 6.45) is 4.99. The maximum atomic E-state index is 11.7. The molecule has 0 saturated carbocycles. The molecule has 1 aliphatic rings. The van der Waals surface area contributed by atoms with Gasteiger partial charge in [0.2, 0.25) is 0 Å². The third-order valence-electron chi connectivity index (χ3n) is 2.95. The van der Waals surface area contributed by atoms with Gasteiger partial charge in [0, 0.05) is 19.3 Å². The Morgan fingerprint density at radius 2 is 2.21 bits per heavy atom. The highest BCUT2D eigenvalue weighted by Gasteiger charge is 2.10. The molecule has 2 rings (SSSR count). The molecule has 1 amide bonds. The number of rotatable bonds is 4. The zero-order valence-electron chi connectivity index (χ0n) is 10.4. The maximum absolute atomic E-state index is 11.7. The van der Waals surface area contributed by atoms with Crippen LogP contribution in [0.4, 0.5) is 0 Å². The van der Waals surface area contributed by atoms with Crippen LogP contribution in [0.3, 0.4) is 0 Å². The summed E-state index contributed by atoms with van der Waals surface area (Å²) >= 11 is 0. The van der Waals surface area contributed by atoms with Crippen LogP contribution in [0.1, 0.15) is 23.2 Å². The number of H-pyrrole nitrogens is 2.